The van der Waals surface area contributed by atoms with Gasteiger partial charge in [-0.25, -0.2) is 10.2 Å². The van der Waals surface area contributed by atoms with Gasteiger partial charge in [0.05, 0.1) is 6.04 Å². The summed E-state index contributed by atoms with van der Waals surface area (Å²) in [4.78, 5) is 10.9. The zero-order chi connectivity index (χ0) is 12.4. The number of aryl methyl sites for hydroxylation is 1. The smallest absolute Gasteiger partial charge is 0.353 e. The van der Waals surface area contributed by atoms with Gasteiger partial charge in [-0.3, -0.25) is 0 Å². The van der Waals surface area contributed by atoms with Gasteiger partial charge in [-0.2, -0.15) is 0 Å². The van der Waals surface area contributed by atoms with Crippen molar-refractivity contribution in [3.05, 3.63) is 47.2 Å². The van der Waals surface area contributed by atoms with Crippen LogP contribution in [0.25, 0.3) is 0 Å². The predicted molar refractivity (Wildman–Crippen MR) is 65.3 cm³/mol. The zero-order valence-electron chi connectivity index (χ0n) is 9.97. The highest BCUT2D eigenvalue weighted by Crippen LogP contribution is 2.14. The van der Waals surface area contributed by atoms with Crippen LogP contribution in [0.3, 0.4) is 0 Å². The molecule has 1 aliphatic heterocycles. The Hall–Kier alpha value is -1.81. The lowest BCUT2D eigenvalue weighted by atomic mass is 10.0. The quantitative estimate of drug-likeness (QED) is 0.825. The van der Waals surface area contributed by atoms with Crippen molar-refractivity contribution in [3.8, 4) is 0 Å². The molecule has 0 bridgehead atoms. The minimum atomic E-state index is -0.897. The summed E-state index contributed by atoms with van der Waals surface area (Å²) in [6, 6.07) is 8.33. The van der Waals surface area contributed by atoms with Crippen LogP contribution < -0.4 is 5.43 Å². The maximum absolute atomic E-state index is 10.9. The monoisotopic (exact) mass is 232 g/mol. The van der Waals surface area contributed by atoms with E-state index in [9.17, 15) is 4.79 Å². The lowest BCUT2D eigenvalue weighted by Gasteiger charge is -2.16. The minimum absolute atomic E-state index is 0.0498. The molecule has 17 heavy (non-hydrogen) atoms. The third-order valence-electron chi connectivity index (χ3n) is 2.88. The van der Waals surface area contributed by atoms with E-state index >= 15 is 0 Å². The molecule has 0 saturated heterocycles. The van der Waals surface area contributed by atoms with Crippen molar-refractivity contribution < 1.29 is 9.90 Å². The number of aliphatic carboxylic acids is 1. The van der Waals surface area contributed by atoms with E-state index < -0.39 is 5.97 Å². The van der Waals surface area contributed by atoms with E-state index in [-0.39, 0.29) is 6.04 Å². The number of hydrogen-bond acceptors (Lipinski definition) is 3. The number of carbonyl (C=O) groups is 1. The molecular formula is C13H16N2O2. The molecule has 1 aromatic rings. The molecular weight excluding hydrogens is 216 g/mol. The molecule has 0 aromatic heterocycles. The number of likely N-dealkylation sites (N-methyl/N-ethyl adjacent to an activating group) is 1. The van der Waals surface area contributed by atoms with E-state index in [4.69, 9.17) is 5.11 Å². The number of benzene rings is 1. The van der Waals surface area contributed by atoms with Gasteiger partial charge >= 0.3 is 5.97 Å². The Labute approximate surface area is 101 Å². The molecule has 0 spiro atoms. The van der Waals surface area contributed by atoms with Crippen molar-refractivity contribution in [3.63, 3.8) is 0 Å². The van der Waals surface area contributed by atoms with Gasteiger partial charge in [0.2, 0.25) is 0 Å². The summed E-state index contributed by atoms with van der Waals surface area (Å²) in [5.41, 5.74) is 5.84. The molecule has 1 atom stereocenters. The number of carboxylic acids is 1. The average molecular weight is 232 g/mol. The maximum atomic E-state index is 10.9. The fourth-order valence-corrected chi connectivity index (χ4v) is 1.96. The van der Waals surface area contributed by atoms with Crippen LogP contribution in [0.2, 0.25) is 0 Å². The summed E-state index contributed by atoms with van der Waals surface area (Å²) in [6.45, 7) is 2.05. The van der Waals surface area contributed by atoms with Crippen LogP contribution in [-0.4, -0.2) is 29.2 Å². The first-order valence-electron chi connectivity index (χ1n) is 5.57. The van der Waals surface area contributed by atoms with Gasteiger partial charge in [-0.1, -0.05) is 29.8 Å². The van der Waals surface area contributed by atoms with Gasteiger partial charge in [0.1, 0.15) is 5.70 Å². The van der Waals surface area contributed by atoms with Gasteiger partial charge in [-0.05, 0) is 25.0 Å². The Morgan fingerprint density at radius 2 is 2.06 bits per heavy atom. The molecule has 0 saturated carbocycles. The van der Waals surface area contributed by atoms with Crippen molar-refractivity contribution in [1.29, 1.82) is 0 Å². The molecule has 1 heterocycles. The third-order valence-corrected chi connectivity index (χ3v) is 2.88. The fourth-order valence-electron chi connectivity index (χ4n) is 1.96. The second-order valence-electron chi connectivity index (χ2n) is 4.34. The van der Waals surface area contributed by atoms with Crippen LogP contribution in [-0.2, 0) is 11.2 Å². The molecule has 1 aliphatic rings. The van der Waals surface area contributed by atoms with Crippen molar-refractivity contribution >= 4 is 5.97 Å². The van der Waals surface area contributed by atoms with Crippen LogP contribution in [0.4, 0.5) is 0 Å². The molecule has 0 radical (unpaired) electrons. The van der Waals surface area contributed by atoms with Crippen LogP contribution >= 0.6 is 0 Å². The van der Waals surface area contributed by atoms with E-state index in [0.29, 0.717) is 5.70 Å². The summed E-state index contributed by atoms with van der Waals surface area (Å²) in [6.07, 6.45) is 2.55. The second kappa shape index (κ2) is 4.59. The first kappa shape index (κ1) is 11.7. The summed E-state index contributed by atoms with van der Waals surface area (Å²) in [5.74, 6) is -0.897. The van der Waals surface area contributed by atoms with Crippen molar-refractivity contribution in [1.82, 2.24) is 10.4 Å². The number of carboxylic acid groups (broad SMARTS) is 1. The number of hydrazine groups is 1. The Morgan fingerprint density at radius 3 is 2.59 bits per heavy atom. The largest absolute Gasteiger partial charge is 0.477 e. The first-order chi connectivity index (χ1) is 8.06. The van der Waals surface area contributed by atoms with Gasteiger partial charge in [0, 0.05) is 7.05 Å². The molecule has 90 valence electrons. The molecule has 4 heteroatoms. The third kappa shape index (κ3) is 2.65. The topological polar surface area (TPSA) is 52.6 Å². The van der Waals surface area contributed by atoms with Crippen molar-refractivity contribution in [2.24, 2.45) is 0 Å². The molecule has 2 rings (SSSR count). The van der Waals surface area contributed by atoms with E-state index in [1.165, 1.54) is 11.1 Å². The number of nitrogens with zero attached hydrogens (tertiary/aromatic N) is 1. The van der Waals surface area contributed by atoms with Gasteiger partial charge in [0.25, 0.3) is 0 Å². The highest BCUT2D eigenvalue weighted by Gasteiger charge is 2.24. The molecule has 0 fully saturated rings. The summed E-state index contributed by atoms with van der Waals surface area (Å²) in [7, 11) is 1.72. The fraction of sp³-hybridized carbons (Fsp3) is 0.308. The van der Waals surface area contributed by atoms with Crippen molar-refractivity contribution in [2.45, 2.75) is 19.4 Å². The Kier molecular flexibility index (Phi) is 3.15. The first-order valence-corrected chi connectivity index (χ1v) is 5.57. The predicted octanol–water partition coefficient (Wildman–Crippen LogP) is 1.32. The van der Waals surface area contributed by atoms with Crippen LogP contribution in [0.5, 0.6) is 0 Å². The lowest BCUT2D eigenvalue weighted by Crippen LogP contribution is -2.36. The molecule has 4 nitrogen and oxygen atoms in total. The van der Waals surface area contributed by atoms with Crippen LogP contribution in [0.15, 0.2) is 36.0 Å². The minimum Gasteiger partial charge on any atom is -0.477 e. The SMILES string of the molecule is Cc1ccc(CC2C=C(C(=O)O)N(C)N2)cc1. The second-order valence-corrected chi connectivity index (χ2v) is 4.34. The van der Waals surface area contributed by atoms with Crippen LogP contribution in [0.1, 0.15) is 11.1 Å². The number of nitrogens with one attached hydrogen (secondary N) is 1. The highest BCUT2D eigenvalue weighted by atomic mass is 16.4. The van der Waals surface area contributed by atoms with E-state index in [2.05, 4.69) is 29.7 Å². The number of rotatable bonds is 3. The van der Waals surface area contributed by atoms with Gasteiger partial charge in [-0.15, -0.1) is 0 Å². The maximum Gasteiger partial charge on any atom is 0.353 e. The van der Waals surface area contributed by atoms with E-state index in [0.717, 1.165) is 6.42 Å². The molecule has 1 aromatic carbocycles. The van der Waals surface area contributed by atoms with E-state index in [1.54, 1.807) is 18.1 Å². The normalized spacial score (nSPS) is 19.3. The number of hydrogen-bond donors (Lipinski definition) is 2. The average Bonchev–Trinajstić information content (AvgIpc) is 2.63. The van der Waals surface area contributed by atoms with Crippen LogP contribution in [0, 0.1) is 6.92 Å². The molecule has 0 aliphatic carbocycles. The van der Waals surface area contributed by atoms with Gasteiger partial charge < -0.3 is 10.1 Å². The molecule has 2 N–H and O–H groups in total. The summed E-state index contributed by atoms with van der Waals surface area (Å²) in [5, 5.41) is 10.5. The highest BCUT2D eigenvalue weighted by molar-refractivity contribution is 5.86. The zero-order valence-corrected chi connectivity index (χ0v) is 9.97. The Balaban J connectivity index is 2.06. The Bertz CT molecular complexity index is 451. The molecule has 0 amide bonds. The summed E-state index contributed by atoms with van der Waals surface area (Å²) < 4.78 is 0. The standard InChI is InChI=1S/C13H16N2O2/c1-9-3-5-10(6-4-9)7-11-8-12(13(16)17)15(2)14-11/h3-6,8,11,14H,7H2,1-2H3,(H,16,17). The molecule has 1 unspecified atom stereocenters. The van der Waals surface area contributed by atoms with Gasteiger partial charge in [0.15, 0.2) is 0 Å². The van der Waals surface area contributed by atoms with Crippen molar-refractivity contribution in [2.75, 3.05) is 7.05 Å². The summed E-state index contributed by atoms with van der Waals surface area (Å²) >= 11 is 0. The lowest BCUT2D eigenvalue weighted by molar-refractivity contribution is -0.134. The Morgan fingerprint density at radius 1 is 1.41 bits per heavy atom. The van der Waals surface area contributed by atoms with E-state index in [1.807, 2.05) is 6.92 Å².